The zero-order chi connectivity index (χ0) is 13.2. The first kappa shape index (κ1) is 13.2. The van der Waals surface area contributed by atoms with Crippen molar-refractivity contribution in [3.05, 3.63) is 33.4 Å². The first-order chi connectivity index (χ1) is 9.28. The lowest BCUT2D eigenvalue weighted by atomic mass is 9.98. The third-order valence-corrected chi connectivity index (χ3v) is 4.97. The molecular weight excluding hydrogens is 322 g/mol. The highest BCUT2D eigenvalue weighted by molar-refractivity contribution is 9.10. The van der Waals surface area contributed by atoms with Gasteiger partial charge in [0.2, 0.25) is 0 Å². The Morgan fingerprint density at radius 2 is 2.37 bits per heavy atom. The molecule has 0 fully saturated rings. The molecule has 1 atom stereocenters. The number of nitrogens with zero attached hydrogens (tertiary/aromatic N) is 2. The van der Waals surface area contributed by atoms with E-state index in [0.717, 1.165) is 28.1 Å². The summed E-state index contributed by atoms with van der Waals surface area (Å²) in [5, 5.41) is 4.57. The van der Waals surface area contributed by atoms with Crippen LogP contribution in [0, 0.1) is 0 Å². The highest BCUT2D eigenvalue weighted by Gasteiger charge is 2.24. The van der Waals surface area contributed by atoms with Gasteiger partial charge in [-0.05, 0) is 53.9 Å². The van der Waals surface area contributed by atoms with Gasteiger partial charge in [0.15, 0.2) is 0 Å². The minimum absolute atomic E-state index is 0.425. The molecule has 1 N–H and O–H groups in total. The zero-order valence-corrected chi connectivity index (χ0v) is 13.2. The van der Waals surface area contributed by atoms with Gasteiger partial charge >= 0.3 is 0 Å². The second kappa shape index (κ2) is 5.69. The van der Waals surface area contributed by atoms with Crippen LogP contribution in [-0.4, -0.2) is 16.5 Å². The molecule has 0 amide bonds. The number of halogens is 1. The van der Waals surface area contributed by atoms with Gasteiger partial charge in [0, 0.05) is 15.5 Å². The molecule has 0 aromatic carbocycles. The number of hydrogen-bond acceptors (Lipinski definition) is 4. The van der Waals surface area contributed by atoms with E-state index in [1.165, 1.54) is 23.4 Å². The van der Waals surface area contributed by atoms with Crippen LogP contribution in [0.4, 0.5) is 0 Å². The summed E-state index contributed by atoms with van der Waals surface area (Å²) in [5.41, 5.74) is 2.22. The molecule has 0 saturated carbocycles. The van der Waals surface area contributed by atoms with Crippen molar-refractivity contribution in [1.29, 1.82) is 0 Å². The SMILES string of the molecule is CCNC1CCCc2sc(-c3ccc(Br)cn3)nc21. The van der Waals surface area contributed by atoms with Gasteiger partial charge in [0.1, 0.15) is 5.01 Å². The average Bonchev–Trinajstić information content (AvgIpc) is 2.85. The van der Waals surface area contributed by atoms with Crippen LogP contribution in [0.25, 0.3) is 10.7 Å². The minimum Gasteiger partial charge on any atom is -0.309 e. The number of aryl methyl sites for hydroxylation is 1. The van der Waals surface area contributed by atoms with Crippen molar-refractivity contribution in [3.8, 4) is 10.7 Å². The molecule has 100 valence electrons. The smallest absolute Gasteiger partial charge is 0.142 e. The first-order valence-corrected chi connectivity index (χ1v) is 8.23. The summed E-state index contributed by atoms with van der Waals surface area (Å²) in [4.78, 5) is 10.7. The molecule has 1 aliphatic carbocycles. The van der Waals surface area contributed by atoms with E-state index in [0.29, 0.717) is 6.04 Å². The predicted octanol–water partition coefficient (Wildman–Crippen LogP) is 3.95. The number of pyridine rings is 1. The summed E-state index contributed by atoms with van der Waals surface area (Å²) in [6, 6.07) is 4.47. The quantitative estimate of drug-likeness (QED) is 0.921. The number of aromatic nitrogens is 2. The van der Waals surface area contributed by atoms with Crippen molar-refractivity contribution in [2.45, 2.75) is 32.2 Å². The summed E-state index contributed by atoms with van der Waals surface area (Å²) < 4.78 is 1.00. The molecule has 2 aromatic heterocycles. The van der Waals surface area contributed by atoms with E-state index in [-0.39, 0.29) is 0 Å². The van der Waals surface area contributed by atoms with E-state index in [1.807, 2.05) is 18.3 Å². The maximum atomic E-state index is 4.83. The molecule has 5 heteroatoms. The summed E-state index contributed by atoms with van der Waals surface area (Å²) >= 11 is 5.21. The normalized spacial score (nSPS) is 18.3. The van der Waals surface area contributed by atoms with Crippen LogP contribution in [0.15, 0.2) is 22.8 Å². The number of rotatable bonds is 3. The van der Waals surface area contributed by atoms with Crippen LogP contribution < -0.4 is 5.32 Å². The molecular formula is C14H16BrN3S. The van der Waals surface area contributed by atoms with Crippen LogP contribution in [-0.2, 0) is 6.42 Å². The molecule has 0 saturated heterocycles. The van der Waals surface area contributed by atoms with Crippen molar-refractivity contribution in [3.63, 3.8) is 0 Å². The highest BCUT2D eigenvalue weighted by Crippen LogP contribution is 2.36. The Kier molecular flexibility index (Phi) is 3.96. The van der Waals surface area contributed by atoms with Gasteiger partial charge in [-0.2, -0.15) is 0 Å². The molecule has 0 radical (unpaired) electrons. The van der Waals surface area contributed by atoms with Crippen LogP contribution in [0.3, 0.4) is 0 Å². The maximum Gasteiger partial charge on any atom is 0.142 e. The van der Waals surface area contributed by atoms with Gasteiger partial charge in [0.05, 0.1) is 17.4 Å². The van der Waals surface area contributed by atoms with Crippen molar-refractivity contribution in [1.82, 2.24) is 15.3 Å². The Morgan fingerprint density at radius 3 is 3.11 bits per heavy atom. The van der Waals surface area contributed by atoms with Crippen LogP contribution >= 0.6 is 27.3 Å². The molecule has 3 rings (SSSR count). The van der Waals surface area contributed by atoms with Gasteiger partial charge in [-0.15, -0.1) is 11.3 Å². The van der Waals surface area contributed by atoms with Crippen molar-refractivity contribution < 1.29 is 0 Å². The Bertz CT molecular complexity index is 565. The fraction of sp³-hybridized carbons (Fsp3) is 0.429. The van der Waals surface area contributed by atoms with E-state index in [1.54, 1.807) is 11.3 Å². The van der Waals surface area contributed by atoms with Gasteiger partial charge in [-0.25, -0.2) is 4.98 Å². The number of nitrogens with one attached hydrogen (secondary N) is 1. The molecule has 0 bridgehead atoms. The average molecular weight is 338 g/mol. The Balaban J connectivity index is 1.95. The Hall–Kier alpha value is -0.780. The number of thiazole rings is 1. The van der Waals surface area contributed by atoms with E-state index >= 15 is 0 Å². The van der Waals surface area contributed by atoms with Gasteiger partial charge < -0.3 is 5.32 Å². The summed E-state index contributed by atoms with van der Waals surface area (Å²) in [7, 11) is 0. The lowest BCUT2D eigenvalue weighted by Gasteiger charge is -2.21. The van der Waals surface area contributed by atoms with Gasteiger partial charge in [-0.1, -0.05) is 6.92 Å². The Morgan fingerprint density at radius 1 is 1.47 bits per heavy atom. The summed E-state index contributed by atoms with van der Waals surface area (Å²) in [6.45, 7) is 3.14. The molecule has 0 spiro atoms. The van der Waals surface area contributed by atoms with Crippen molar-refractivity contribution in [2.24, 2.45) is 0 Å². The van der Waals surface area contributed by atoms with Gasteiger partial charge in [-0.3, -0.25) is 4.98 Å². The standard InChI is InChI=1S/C14H16BrN3S/c1-2-16-10-4-3-5-12-13(10)18-14(19-12)11-7-6-9(15)8-17-11/h6-8,10,16H,2-5H2,1H3. The van der Waals surface area contributed by atoms with Crippen LogP contribution in [0.5, 0.6) is 0 Å². The zero-order valence-electron chi connectivity index (χ0n) is 10.8. The summed E-state index contributed by atoms with van der Waals surface area (Å²) in [6.07, 6.45) is 5.43. The topological polar surface area (TPSA) is 37.8 Å². The summed E-state index contributed by atoms with van der Waals surface area (Å²) in [5.74, 6) is 0. The number of fused-ring (bicyclic) bond motifs is 1. The van der Waals surface area contributed by atoms with E-state index in [2.05, 4.69) is 33.2 Å². The minimum atomic E-state index is 0.425. The number of hydrogen-bond donors (Lipinski definition) is 1. The maximum absolute atomic E-state index is 4.83. The monoisotopic (exact) mass is 337 g/mol. The molecule has 3 nitrogen and oxygen atoms in total. The fourth-order valence-electron chi connectivity index (χ4n) is 2.48. The molecule has 1 aliphatic rings. The third kappa shape index (κ3) is 2.73. The van der Waals surface area contributed by atoms with Crippen LogP contribution in [0.2, 0.25) is 0 Å². The van der Waals surface area contributed by atoms with E-state index in [9.17, 15) is 0 Å². The second-order valence-electron chi connectivity index (χ2n) is 4.69. The van der Waals surface area contributed by atoms with Crippen molar-refractivity contribution in [2.75, 3.05) is 6.54 Å². The second-order valence-corrected chi connectivity index (χ2v) is 6.69. The van der Waals surface area contributed by atoms with Crippen molar-refractivity contribution >= 4 is 27.3 Å². The fourth-order valence-corrected chi connectivity index (χ4v) is 3.85. The predicted molar refractivity (Wildman–Crippen MR) is 82.4 cm³/mol. The molecule has 19 heavy (non-hydrogen) atoms. The molecule has 1 unspecified atom stereocenters. The first-order valence-electron chi connectivity index (χ1n) is 6.63. The lowest BCUT2D eigenvalue weighted by molar-refractivity contribution is 0.465. The third-order valence-electron chi connectivity index (χ3n) is 3.35. The lowest BCUT2D eigenvalue weighted by Crippen LogP contribution is -2.24. The van der Waals surface area contributed by atoms with E-state index < -0.39 is 0 Å². The molecule has 2 heterocycles. The largest absolute Gasteiger partial charge is 0.309 e. The highest BCUT2D eigenvalue weighted by atomic mass is 79.9. The Labute approximate surface area is 125 Å². The molecule has 2 aromatic rings. The van der Waals surface area contributed by atoms with Gasteiger partial charge in [0.25, 0.3) is 0 Å². The molecule has 0 aliphatic heterocycles. The van der Waals surface area contributed by atoms with E-state index in [4.69, 9.17) is 4.98 Å². The van der Waals surface area contributed by atoms with Crippen LogP contribution in [0.1, 0.15) is 36.4 Å².